The van der Waals surface area contributed by atoms with Gasteiger partial charge in [-0.1, -0.05) is 30.3 Å². The molecule has 0 saturated heterocycles. The van der Waals surface area contributed by atoms with Crippen LogP contribution in [0.2, 0.25) is 0 Å². The van der Waals surface area contributed by atoms with Gasteiger partial charge in [-0.2, -0.15) is 0 Å². The standard InChI is InChI=1S/C14H20N4/c1-11(9-13-7-5-4-6-8-13)15-10-14-17-16-12(2)18(14)3/h4-8,11,15H,9-10H2,1-3H3. The molecule has 1 heterocycles. The Morgan fingerprint density at radius 3 is 2.56 bits per heavy atom. The molecule has 1 unspecified atom stereocenters. The second-order valence-electron chi connectivity index (χ2n) is 4.69. The zero-order valence-corrected chi connectivity index (χ0v) is 11.2. The van der Waals surface area contributed by atoms with E-state index >= 15 is 0 Å². The molecule has 18 heavy (non-hydrogen) atoms. The number of nitrogens with one attached hydrogen (secondary N) is 1. The van der Waals surface area contributed by atoms with E-state index in [1.54, 1.807) is 0 Å². The van der Waals surface area contributed by atoms with Crippen molar-refractivity contribution in [3.8, 4) is 0 Å². The van der Waals surface area contributed by atoms with Gasteiger partial charge in [-0.05, 0) is 25.8 Å². The average Bonchev–Trinajstić information content (AvgIpc) is 2.69. The number of nitrogens with zero attached hydrogens (tertiary/aromatic N) is 3. The molecule has 4 heteroatoms. The molecule has 0 fully saturated rings. The van der Waals surface area contributed by atoms with Crippen molar-refractivity contribution in [2.24, 2.45) is 7.05 Å². The summed E-state index contributed by atoms with van der Waals surface area (Å²) in [5.41, 5.74) is 1.35. The van der Waals surface area contributed by atoms with Crippen molar-refractivity contribution in [3.63, 3.8) is 0 Å². The third-order valence-electron chi connectivity index (χ3n) is 3.18. The third kappa shape index (κ3) is 3.17. The lowest BCUT2D eigenvalue weighted by Crippen LogP contribution is -2.28. The maximum Gasteiger partial charge on any atom is 0.146 e. The van der Waals surface area contributed by atoms with Crippen molar-refractivity contribution in [1.82, 2.24) is 20.1 Å². The van der Waals surface area contributed by atoms with Crippen molar-refractivity contribution in [1.29, 1.82) is 0 Å². The molecule has 4 nitrogen and oxygen atoms in total. The largest absolute Gasteiger partial charge is 0.317 e. The molecule has 0 spiro atoms. The first-order valence-corrected chi connectivity index (χ1v) is 6.29. The van der Waals surface area contributed by atoms with E-state index in [1.807, 2.05) is 24.6 Å². The van der Waals surface area contributed by atoms with Crippen molar-refractivity contribution in [3.05, 3.63) is 47.5 Å². The minimum absolute atomic E-state index is 0.421. The second-order valence-corrected chi connectivity index (χ2v) is 4.69. The van der Waals surface area contributed by atoms with Gasteiger partial charge in [-0.15, -0.1) is 10.2 Å². The Hall–Kier alpha value is -1.68. The van der Waals surface area contributed by atoms with E-state index in [0.29, 0.717) is 6.04 Å². The maximum absolute atomic E-state index is 4.14. The Balaban J connectivity index is 1.85. The highest BCUT2D eigenvalue weighted by molar-refractivity contribution is 5.15. The molecule has 0 radical (unpaired) electrons. The third-order valence-corrected chi connectivity index (χ3v) is 3.18. The summed E-state index contributed by atoms with van der Waals surface area (Å²) in [7, 11) is 1.99. The summed E-state index contributed by atoms with van der Waals surface area (Å²) in [6.45, 7) is 4.91. The minimum atomic E-state index is 0.421. The van der Waals surface area contributed by atoms with E-state index in [-0.39, 0.29) is 0 Å². The van der Waals surface area contributed by atoms with Crippen LogP contribution in [0.5, 0.6) is 0 Å². The van der Waals surface area contributed by atoms with Crippen LogP contribution in [0.4, 0.5) is 0 Å². The minimum Gasteiger partial charge on any atom is -0.317 e. The summed E-state index contributed by atoms with van der Waals surface area (Å²) in [6.07, 6.45) is 1.03. The Morgan fingerprint density at radius 1 is 1.22 bits per heavy atom. The topological polar surface area (TPSA) is 42.7 Å². The zero-order valence-electron chi connectivity index (χ0n) is 11.2. The van der Waals surface area contributed by atoms with Gasteiger partial charge < -0.3 is 9.88 Å². The molecule has 1 aromatic heterocycles. The van der Waals surface area contributed by atoms with E-state index < -0.39 is 0 Å². The molecule has 96 valence electrons. The molecule has 2 rings (SSSR count). The summed E-state index contributed by atoms with van der Waals surface area (Å²) in [5.74, 6) is 1.93. The number of aryl methyl sites for hydroxylation is 1. The van der Waals surface area contributed by atoms with Gasteiger partial charge in [0, 0.05) is 13.1 Å². The lowest BCUT2D eigenvalue weighted by molar-refractivity contribution is 0.524. The van der Waals surface area contributed by atoms with Crippen molar-refractivity contribution in [2.45, 2.75) is 32.9 Å². The van der Waals surface area contributed by atoms with Gasteiger partial charge in [0.15, 0.2) is 0 Å². The van der Waals surface area contributed by atoms with Crippen molar-refractivity contribution < 1.29 is 0 Å². The van der Waals surface area contributed by atoms with Gasteiger partial charge in [0.05, 0.1) is 6.54 Å². The van der Waals surface area contributed by atoms with Crippen LogP contribution in [0.3, 0.4) is 0 Å². The molecule has 0 aliphatic rings. The number of aromatic nitrogens is 3. The van der Waals surface area contributed by atoms with Crippen LogP contribution < -0.4 is 5.32 Å². The predicted molar refractivity (Wildman–Crippen MR) is 72.2 cm³/mol. The van der Waals surface area contributed by atoms with E-state index in [1.165, 1.54) is 5.56 Å². The predicted octanol–water partition coefficient (Wildman–Crippen LogP) is 1.84. The Labute approximate surface area is 108 Å². The SMILES string of the molecule is Cc1nnc(CNC(C)Cc2ccccc2)n1C. The van der Waals surface area contributed by atoms with E-state index in [4.69, 9.17) is 0 Å². The van der Waals surface area contributed by atoms with Gasteiger partial charge in [0.1, 0.15) is 11.6 Å². The Bertz CT molecular complexity index is 490. The summed E-state index contributed by atoms with van der Waals surface area (Å²) < 4.78 is 2.02. The highest BCUT2D eigenvalue weighted by atomic mass is 15.3. The lowest BCUT2D eigenvalue weighted by Gasteiger charge is -2.13. The molecule has 0 aliphatic heterocycles. The normalized spacial score (nSPS) is 12.6. The highest BCUT2D eigenvalue weighted by Crippen LogP contribution is 2.04. The van der Waals surface area contributed by atoms with Crippen molar-refractivity contribution in [2.75, 3.05) is 0 Å². The maximum atomic E-state index is 4.14. The molecule has 0 aliphatic carbocycles. The van der Waals surface area contributed by atoms with E-state index in [0.717, 1.165) is 24.6 Å². The Morgan fingerprint density at radius 2 is 1.94 bits per heavy atom. The first kappa shape index (κ1) is 12.8. The summed E-state index contributed by atoms with van der Waals surface area (Å²) >= 11 is 0. The first-order valence-electron chi connectivity index (χ1n) is 6.29. The molecule has 0 bridgehead atoms. The quantitative estimate of drug-likeness (QED) is 0.872. The molecule has 0 amide bonds. The van der Waals surface area contributed by atoms with Crippen molar-refractivity contribution >= 4 is 0 Å². The first-order chi connectivity index (χ1) is 8.66. The lowest BCUT2D eigenvalue weighted by atomic mass is 10.1. The molecule has 1 N–H and O–H groups in total. The van der Waals surface area contributed by atoms with Gasteiger partial charge in [0.2, 0.25) is 0 Å². The van der Waals surface area contributed by atoms with Crippen LogP contribution in [0.1, 0.15) is 24.1 Å². The molecular formula is C14H20N4. The van der Waals surface area contributed by atoms with Crippen LogP contribution in [0.15, 0.2) is 30.3 Å². The van der Waals surface area contributed by atoms with Crippen LogP contribution in [-0.2, 0) is 20.0 Å². The van der Waals surface area contributed by atoms with Crippen LogP contribution >= 0.6 is 0 Å². The molecule has 0 saturated carbocycles. The van der Waals surface area contributed by atoms with E-state index in [9.17, 15) is 0 Å². The smallest absolute Gasteiger partial charge is 0.146 e. The fourth-order valence-electron chi connectivity index (χ4n) is 1.91. The summed E-state index contributed by atoms with van der Waals surface area (Å²) in [6, 6.07) is 10.9. The summed E-state index contributed by atoms with van der Waals surface area (Å²) in [5, 5.41) is 11.7. The molecule has 1 aromatic carbocycles. The Kier molecular flexibility index (Phi) is 4.10. The van der Waals surface area contributed by atoms with Gasteiger partial charge in [-0.25, -0.2) is 0 Å². The number of hydrogen-bond donors (Lipinski definition) is 1. The van der Waals surface area contributed by atoms with Crippen LogP contribution in [-0.4, -0.2) is 20.8 Å². The van der Waals surface area contributed by atoms with Gasteiger partial charge in [0.25, 0.3) is 0 Å². The molecular weight excluding hydrogens is 224 g/mol. The number of rotatable bonds is 5. The second kappa shape index (κ2) is 5.78. The fraction of sp³-hybridized carbons (Fsp3) is 0.429. The van der Waals surface area contributed by atoms with E-state index in [2.05, 4.69) is 46.7 Å². The molecule has 1 atom stereocenters. The fourth-order valence-corrected chi connectivity index (χ4v) is 1.91. The van der Waals surface area contributed by atoms with Crippen LogP contribution in [0, 0.1) is 6.92 Å². The summed E-state index contributed by atoms with van der Waals surface area (Å²) in [4.78, 5) is 0. The average molecular weight is 244 g/mol. The number of benzene rings is 1. The van der Waals surface area contributed by atoms with Crippen LogP contribution in [0.25, 0.3) is 0 Å². The molecule has 2 aromatic rings. The number of hydrogen-bond acceptors (Lipinski definition) is 3. The van der Waals surface area contributed by atoms with Gasteiger partial charge >= 0.3 is 0 Å². The zero-order chi connectivity index (χ0) is 13.0. The van der Waals surface area contributed by atoms with Gasteiger partial charge in [-0.3, -0.25) is 0 Å². The monoisotopic (exact) mass is 244 g/mol. The highest BCUT2D eigenvalue weighted by Gasteiger charge is 2.07.